The number of rotatable bonds is 4. The third kappa shape index (κ3) is 3.03. The first kappa shape index (κ1) is 15.3. The molecule has 2 aromatic rings. The SMILES string of the molecule is C[C@H]1C[C@H]1C(=O)N1CCN(Cc2nnnn2-c2ccccc2)CC1. The summed E-state index contributed by atoms with van der Waals surface area (Å²) in [5, 5.41) is 12.1. The molecule has 0 N–H and O–H groups in total. The Morgan fingerprint density at radius 2 is 1.88 bits per heavy atom. The van der Waals surface area contributed by atoms with Crippen LogP contribution in [0.5, 0.6) is 0 Å². The predicted octanol–water partition coefficient (Wildman–Crippen LogP) is 0.962. The quantitative estimate of drug-likeness (QED) is 0.837. The van der Waals surface area contributed by atoms with Gasteiger partial charge in [0, 0.05) is 32.1 Å². The van der Waals surface area contributed by atoms with Crippen molar-refractivity contribution in [2.45, 2.75) is 19.9 Å². The van der Waals surface area contributed by atoms with Crippen LogP contribution in [0.3, 0.4) is 0 Å². The van der Waals surface area contributed by atoms with Crippen LogP contribution in [-0.4, -0.2) is 62.1 Å². The topological polar surface area (TPSA) is 67.2 Å². The van der Waals surface area contributed by atoms with Crippen LogP contribution in [0, 0.1) is 11.8 Å². The van der Waals surface area contributed by atoms with Gasteiger partial charge in [-0.25, -0.2) is 0 Å². The van der Waals surface area contributed by atoms with Gasteiger partial charge in [0.2, 0.25) is 5.91 Å². The molecule has 0 unspecified atom stereocenters. The number of aromatic nitrogens is 4. The van der Waals surface area contributed by atoms with E-state index in [1.54, 1.807) is 4.68 Å². The zero-order chi connectivity index (χ0) is 16.5. The number of piperazine rings is 1. The molecule has 2 atom stereocenters. The standard InChI is InChI=1S/C17H22N6O/c1-13-11-15(13)17(24)22-9-7-21(8-10-22)12-16-18-19-20-23(16)14-5-3-2-4-6-14/h2-6,13,15H,7-12H2,1H3/t13-,15+/m0/s1. The summed E-state index contributed by atoms with van der Waals surface area (Å²) in [6.07, 6.45) is 1.06. The van der Waals surface area contributed by atoms with Crippen molar-refractivity contribution in [1.82, 2.24) is 30.0 Å². The van der Waals surface area contributed by atoms with E-state index in [9.17, 15) is 4.79 Å². The molecular weight excluding hydrogens is 304 g/mol. The van der Waals surface area contributed by atoms with Crippen LogP contribution >= 0.6 is 0 Å². The number of nitrogens with zero attached hydrogens (tertiary/aromatic N) is 6. The Kier molecular flexibility index (Phi) is 4.02. The fraction of sp³-hybridized carbons (Fsp3) is 0.529. The van der Waals surface area contributed by atoms with Gasteiger partial charge in [0.25, 0.3) is 0 Å². The smallest absolute Gasteiger partial charge is 0.226 e. The van der Waals surface area contributed by atoms with Crippen molar-refractivity contribution in [3.8, 4) is 5.69 Å². The molecule has 2 heterocycles. The van der Waals surface area contributed by atoms with E-state index in [1.165, 1.54) is 0 Å². The Morgan fingerprint density at radius 1 is 1.17 bits per heavy atom. The van der Waals surface area contributed by atoms with Gasteiger partial charge in [-0.2, -0.15) is 4.68 Å². The molecule has 1 saturated carbocycles. The molecule has 7 heteroatoms. The van der Waals surface area contributed by atoms with Gasteiger partial charge in [0.1, 0.15) is 0 Å². The summed E-state index contributed by atoms with van der Waals surface area (Å²) in [5.74, 6) is 2.03. The second-order valence-electron chi connectivity index (χ2n) is 6.76. The molecule has 1 aromatic carbocycles. The fourth-order valence-corrected chi connectivity index (χ4v) is 3.30. The maximum atomic E-state index is 12.3. The first-order valence-corrected chi connectivity index (χ1v) is 8.56. The second-order valence-corrected chi connectivity index (χ2v) is 6.76. The van der Waals surface area contributed by atoms with Crippen molar-refractivity contribution in [1.29, 1.82) is 0 Å². The normalized spacial score (nSPS) is 24.1. The number of carbonyl (C=O) groups excluding carboxylic acids is 1. The van der Waals surface area contributed by atoms with Crippen molar-refractivity contribution < 1.29 is 4.79 Å². The van der Waals surface area contributed by atoms with Gasteiger partial charge in [-0.3, -0.25) is 9.69 Å². The summed E-state index contributed by atoms with van der Waals surface area (Å²) in [6, 6.07) is 9.92. The molecule has 1 aliphatic heterocycles. The minimum atomic E-state index is 0.280. The number of benzene rings is 1. The first-order valence-electron chi connectivity index (χ1n) is 8.56. The van der Waals surface area contributed by atoms with Crippen molar-refractivity contribution in [3.05, 3.63) is 36.2 Å². The lowest BCUT2D eigenvalue weighted by Crippen LogP contribution is -2.49. The van der Waals surface area contributed by atoms with E-state index in [0.717, 1.165) is 44.1 Å². The summed E-state index contributed by atoms with van der Waals surface area (Å²) >= 11 is 0. The highest BCUT2D eigenvalue weighted by molar-refractivity contribution is 5.81. The number of para-hydroxylation sites is 1. The van der Waals surface area contributed by atoms with Gasteiger partial charge < -0.3 is 4.90 Å². The number of hydrogen-bond donors (Lipinski definition) is 0. The van der Waals surface area contributed by atoms with E-state index in [-0.39, 0.29) is 5.92 Å². The third-order valence-electron chi connectivity index (χ3n) is 5.01. The molecule has 1 aromatic heterocycles. The molecule has 2 aliphatic rings. The summed E-state index contributed by atoms with van der Waals surface area (Å²) in [5.41, 5.74) is 0.967. The Balaban J connectivity index is 1.36. The zero-order valence-corrected chi connectivity index (χ0v) is 13.9. The average molecular weight is 326 g/mol. The van der Waals surface area contributed by atoms with Gasteiger partial charge in [-0.1, -0.05) is 25.1 Å². The van der Waals surface area contributed by atoms with Gasteiger partial charge in [-0.05, 0) is 34.9 Å². The fourth-order valence-electron chi connectivity index (χ4n) is 3.30. The zero-order valence-electron chi connectivity index (χ0n) is 13.9. The molecule has 24 heavy (non-hydrogen) atoms. The largest absolute Gasteiger partial charge is 0.340 e. The van der Waals surface area contributed by atoms with Crippen LogP contribution in [0.2, 0.25) is 0 Å². The molecule has 126 valence electrons. The minimum absolute atomic E-state index is 0.280. The highest BCUT2D eigenvalue weighted by Crippen LogP contribution is 2.39. The lowest BCUT2D eigenvalue weighted by Gasteiger charge is -2.34. The van der Waals surface area contributed by atoms with Crippen LogP contribution in [0.15, 0.2) is 30.3 Å². The molecule has 7 nitrogen and oxygen atoms in total. The Morgan fingerprint density at radius 3 is 2.54 bits per heavy atom. The summed E-state index contributed by atoms with van der Waals surface area (Å²) < 4.78 is 1.78. The molecule has 1 saturated heterocycles. The van der Waals surface area contributed by atoms with E-state index in [1.807, 2.05) is 35.2 Å². The second kappa shape index (κ2) is 6.32. The summed E-state index contributed by atoms with van der Waals surface area (Å²) in [7, 11) is 0. The lowest BCUT2D eigenvalue weighted by molar-refractivity contribution is -0.134. The van der Waals surface area contributed by atoms with Crippen LogP contribution in [-0.2, 0) is 11.3 Å². The van der Waals surface area contributed by atoms with Gasteiger partial charge in [0.05, 0.1) is 12.2 Å². The maximum Gasteiger partial charge on any atom is 0.226 e. The van der Waals surface area contributed by atoms with E-state index in [4.69, 9.17) is 0 Å². The molecule has 1 aliphatic carbocycles. The van der Waals surface area contributed by atoms with Crippen LogP contribution in [0.1, 0.15) is 19.2 Å². The number of tetrazole rings is 1. The minimum Gasteiger partial charge on any atom is -0.340 e. The molecular formula is C17H22N6O. The average Bonchev–Trinajstić information content (AvgIpc) is 3.17. The molecule has 4 rings (SSSR count). The van der Waals surface area contributed by atoms with E-state index in [0.29, 0.717) is 18.4 Å². The van der Waals surface area contributed by atoms with Gasteiger partial charge in [0.15, 0.2) is 5.82 Å². The van der Waals surface area contributed by atoms with E-state index < -0.39 is 0 Å². The first-order chi connectivity index (χ1) is 11.7. The highest BCUT2D eigenvalue weighted by Gasteiger charge is 2.41. The predicted molar refractivity (Wildman–Crippen MR) is 88.3 cm³/mol. The van der Waals surface area contributed by atoms with Crippen LogP contribution < -0.4 is 0 Å². The van der Waals surface area contributed by atoms with E-state index in [2.05, 4.69) is 27.3 Å². The summed E-state index contributed by atoms with van der Waals surface area (Å²) in [4.78, 5) is 16.6. The van der Waals surface area contributed by atoms with Crippen molar-refractivity contribution in [2.75, 3.05) is 26.2 Å². The molecule has 0 bridgehead atoms. The number of hydrogen-bond acceptors (Lipinski definition) is 5. The maximum absolute atomic E-state index is 12.3. The Labute approximate surface area is 141 Å². The van der Waals surface area contributed by atoms with Gasteiger partial charge in [-0.15, -0.1) is 5.10 Å². The number of carbonyl (C=O) groups is 1. The lowest BCUT2D eigenvalue weighted by atomic mass is 10.2. The van der Waals surface area contributed by atoms with Crippen LogP contribution in [0.25, 0.3) is 5.69 Å². The van der Waals surface area contributed by atoms with Crippen LogP contribution in [0.4, 0.5) is 0 Å². The van der Waals surface area contributed by atoms with E-state index >= 15 is 0 Å². The third-order valence-corrected chi connectivity index (χ3v) is 5.01. The Bertz CT molecular complexity index is 707. The Hall–Kier alpha value is -2.28. The van der Waals surface area contributed by atoms with Crippen molar-refractivity contribution in [3.63, 3.8) is 0 Å². The summed E-state index contributed by atoms with van der Waals surface area (Å²) in [6.45, 7) is 6.19. The van der Waals surface area contributed by atoms with Crippen molar-refractivity contribution >= 4 is 5.91 Å². The highest BCUT2D eigenvalue weighted by atomic mass is 16.2. The van der Waals surface area contributed by atoms with Gasteiger partial charge >= 0.3 is 0 Å². The molecule has 2 fully saturated rings. The molecule has 0 spiro atoms. The van der Waals surface area contributed by atoms with Crippen molar-refractivity contribution in [2.24, 2.45) is 11.8 Å². The molecule has 0 radical (unpaired) electrons. The number of amides is 1. The monoisotopic (exact) mass is 326 g/mol. The molecule has 1 amide bonds.